The highest BCUT2D eigenvalue weighted by molar-refractivity contribution is 7.93. The molecular weight excluding hydrogens is 444 g/mol. The first-order valence-electron chi connectivity index (χ1n) is 9.20. The van der Waals surface area contributed by atoms with Crippen molar-refractivity contribution in [1.29, 1.82) is 0 Å². The Morgan fingerprint density at radius 2 is 1.07 bits per heavy atom. The molecule has 0 saturated heterocycles. The van der Waals surface area contributed by atoms with Gasteiger partial charge < -0.3 is 0 Å². The van der Waals surface area contributed by atoms with Crippen molar-refractivity contribution in [2.45, 2.75) is 29.6 Å². The Morgan fingerprint density at radius 1 is 0.667 bits per heavy atom. The molecular formula is C21H21ClN2O4S2. The standard InChI is InChI=1S/C21H21ClN2O4S2/c1-2-3-16-4-12-20(13-5-16)29(25,26)24-19-10-14-21(15-11-19)30(27,28)23-18-8-6-17(22)7-9-18/h4-15,23-24H,2-3H2,1H3. The molecule has 3 aromatic carbocycles. The Bertz CT molecular complexity index is 1210. The SMILES string of the molecule is CCCc1ccc(S(=O)(=O)Nc2ccc(S(=O)(=O)Nc3ccc(Cl)cc3)cc2)cc1. The zero-order valence-electron chi connectivity index (χ0n) is 16.2. The van der Waals surface area contributed by atoms with Gasteiger partial charge in [0.2, 0.25) is 0 Å². The number of aryl methyl sites for hydroxylation is 1. The van der Waals surface area contributed by atoms with Gasteiger partial charge in [0.25, 0.3) is 20.0 Å². The molecule has 3 aromatic rings. The highest BCUT2D eigenvalue weighted by Crippen LogP contribution is 2.22. The van der Waals surface area contributed by atoms with Gasteiger partial charge in [-0.15, -0.1) is 0 Å². The first-order chi connectivity index (χ1) is 14.2. The van der Waals surface area contributed by atoms with Gasteiger partial charge in [0.1, 0.15) is 0 Å². The number of halogens is 1. The smallest absolute Gasteiger partial charge is 0.261 e. The molecule has 3 rings (SSSR count). The van der Waals surface area contributed by atoms with Crippen LogP contribution in [0.5, 0.6) is 0 Å². The monoisotopic (exact) mass is 464 g/mol. The van der Waals surface area contributed by atoms with E-state index in [0.29, 0.717) is 10.7 Å². The molecule has 9 heteroatoms. The Balaban J connectivity index is 1.73. The fraction of sp³-hybridized carbons (Fsp3) is 0.143. The summed E-state index contributed by atoms with van der Waals surface area (Å²) in [5.74, 6) is 0. The van der Waals surface area contributed by atoms with Crippen molar-refractivity contribution in [2.75, 3.05) is 9.44 Å². The van der Waals surface area contributed by atoms with Crippen LogP contribution in [0.25, 0.3) is 0 Å². The molecule has 0 aliphatic rings. The lowest BCUT2D eigenvalue weighted by molar-refractivity contribution is 0.600. The zero-order valence-corrected chi connectivity index (χ0v) is 18.6. The maximum absolute atomic E-state index is 12.6. The molecule has 0 saturated carbocycles. The Morgan fingerprint density at radius 3 is 1.50 bits per heavy atom. The first-order valence-corrected chi connectivity index (χ1v) is 12.5. The molecule has 0 bridgehead atoms. The highest BCUT2D eigenvalue weighted by Gasteiger charge is 2.17. The summed E-state index contributed by atoms with van der Waals surface area (Å²) in [7, 11) is -7.59. The van der Waals surface area contributed by atoms with E-state index in [1.54, 1.807) is 48.5 Å². The van der Waals surface area contributed by atoms with Crippen molar-refractivity contribution in [3.8, 4) is 0 Å². The number of benzene rings is 3. The maximum atomic E-state index is 12.6. The van der Waals surface area contributed by atoms with Crippen molar-refractivity contribution in [3.63, 3.8) is 0 Å². The molecule has 0 spiro atoms. The minimum Gasteiger partial charge on any atom is -0.280 e. The lowest BCUT2D eigenvalue weighted by atomic mass is 10.1. The van der Waals surface area contributed by atoms with Crippen LogP contribution < -0.4 is 9.44 Å². The van der Waals surface area contributed by atoms with E-state index in [-0.39, 0.29) is 15.5 Å². The summed E-state index contributed by atoms with van der Waals surface area (Å²) in [6.45, 7) is 2.06. The van der Waals surface area contributed by atoms with Crippen LogP contribution in [0, 0.1) is 0 Å². The van der Waals surface area contributed by atoms with Crippen LogP contribution >= 0.6 is 11.6 Å². The van der Waals surface area contributed by atoms with Gasteiger partial charge in [0.15, 0.2) is 0 Å². The summed E-state index contributed by atoms with van der Waals surface area (Å²) in [6, 6.07) is 18.4. The van der Waals surface area contributed by atoms with E-state index < -0.39 is 20.0 Å². The summed E-state index contributed by atoms with van der Waals surface area (Å²) in [5.41, 5.74) is 1.70. The van der Waals surface area contributed by atoms with Crippen molar-refractivity contribution >= 4 is 43.0 Å². The van der Waals surface area contributed by atoms with E-state index in [1.165, 1.54) is 24.3 Å². The second-order valence-corrected chi connectivity index (χ2v) is 10.4. The number of anilines is 2. The summed E-state index contributed by atoms with van der Waals surface area (Å²) in [5, 5.41) is 0.495. The van der Waals surface area contributed by atoms with Gasteiger partial charge in [-0.3, -0.25) is 9.44 Å². The quantitative estimate of drug-likeness (QED) is 0.496. The fourth-order valence-electron chi connectivity index (χ4n) is 2.77. The molecule has 0 aromatic heterocycles. The van der Waals surface area contributed by atoms with E-state index in [2.05, 4.69) is 16.4 Å². The van der Waals surface area contributed by atoms with Gasteiger partial charge in [-0.25, -0.2) is 16.8 Å². The van der Waals surface area contributed by atoms with E-state index in [4.69, 9.17) is 11.6 Å². The molecule has 0 fully saturated rings. The number of nitrogens with one attached hydrogen (secondary N) is 2. The molecule has 0 heterocycles. The third kappa shape index (κ3) is 5.53. The predicted octanol–water partition coefficient (Wildman–Crippen LogP) is 4.89. The Kier molecular flexibility index (Phi) is 6.70. The fourth-order valence-corrected chi connectivity index (χ4v) is 5.02. The third-order valence-electron chi connectivity index (χ3n) is 4.29. The van der Waals surface area contributed by atoms with Crippen molar-refractivity contribution in [1.82, 2.24) is 0 Å². The molecule has 0 unspecified atom stereocenters. The largest absolute Gasteiger partial charge is 0.280 e. The van der Waals surface area contributed by atoms with Crippen LogP contribution in [-0.4, -0.2) is 16.8 Å². The van der Waals surface area contributed by atoms with E-state index in [1.807, 2.05) is 0 Å². The van der Waals surface area contributed by atoms with Crippen LogP contribution in [0.3, 0.4) is 0 Å². The van der Waals surface area contributed by atoms with Crippen LogP contribution in [-0.2, 0) is 26.5 Å². The van der Waals surface area contributed by atoms with Gasteiger partial charge in [-0.2, -0.15) is 0 Å². The summed E-state index contributed by atoms with van der Waals surface area (Å²) in [4.78, 5) is 0.146. The van der Waals surface area contributed by atoms with E-state index >= 15 is 0 Å². The van der Waals surface area contributed by atoms with Gasteiger partial charge in [-0.1, -0.05) is 37.1 Å². The second kappa shape index (κ2) is 9.07. The van der Waals surface area contributed by atoms with Gasteiger partial charge in [-0.05, 0) is 72.6 Å². The van der Waals surface area contributed by atoms with Crippen LogP contribution in [0.15, 0.2) is 82.6 Å². The third-order valence-corrected chi connectivity index (χ3v) is 7.33. The molecule has 0 amide bonds. The van der Waals surface area contributed by atoms with Crippen molar-refractivity contribution < 1.29 is 16.8 Å². The van der Waals surface area contributed by atoms with Gasteiger partial charge >= 0.3 is 0 Å². The number of hydrogen-bond acceptors (Lipinski definition) is 4. The second-order valence-electron chi connectivity index (χ2n) is 6.64. The van der Waals surface area contributed by atoms with Crippen molar-refractivity contribution in [2.24, 2.45) is 0 Å². The average Bonchev–Trinajstić information content (AvgIpc) is 2.70. The molecule has 30 heavy (non-hydrogen) atoms. The number of rotatable bonds is 8. The normalized spacial score (nSPS) is 11.8. The Hall–Kier alpha value is -2.55. The highest BCUT2D eigenvalue weighted by atomic mass is 35.5. The van der Waals surface area contributed by atoms with Crippen LogP contribution in [0.4, 0.5) is 11.4 Å². The van der Waals surface area contributed by atoms with Crippen LogP contribution in [0.2, 0.25) is 5.02 Å². The van der Waals surface area contributed by atoms with E-state index in [9.17, 15) is 16.8 Å². The molecule has 2 N–H and O–H groups in total. The summed E-state index contributed by atoms with van der Waals surface area (Å²) >= 11 is 5.80. The maximum Gasteiger partial charge on any atom is 0.261 e. The number of hydrogen-bond donors (Lipinski definition) is 2. The lowest BCUT2D eigenvalue weighted by Gasteiger charge is -2.11. The molecule has 0 aliphatic heterocycles. The average molecular weight is 465 g/mol. The minimum atomic E-state index is -3.82. The topological polar surface area (TPSA) is 92.3 Å². The summed E-state index contributed by atoms with van der Waals surface area (Å²) in [6.07, 6.45) is 1.86. The van der Waals surface area contributed by atoms with Gasteiger partial charge in [0, 0.05) is 16.4 Å². The predicted molar refractivity (Wildman–Crippen MR) is 120 cm³/mol. The van der Waals surface area contributed by atoms with Crippen molar-refractivity contribution in [3.05, 3.63) is 83.4 Å². The molecule has 0 radical (unpaired) electrons. The first kappa shape index (κ1) is 22.1. The molecule has 158 valence electrons. The summed E-state index contributed by atoms with van der Waals surface area (Å²) < 4.78 is 55.1. The lowest BCUT2D eigenvalue weighted by Crippen LogP contribution is -2.14. The van der Waals surface area contributed by atoms with Crippen LogP contribution in [0.1, 0.15) is 18.9 Å². The van der Waals surface area contributed by atoms with Gasteiger partial charge in [0.05, 0.1) is 9.79 Å². The number of sulfonamides is 2. The Labute approximate surface area is 182 Å². The zero-order chi connectivity index (χ0) is 21.8. The molecule has 6 nitrogen and oxygen atoms in total. The van der Waals surface area contributed by atoms with E-state index in [0.717, 1.165) is 18.4 Å². The molecule has 0 aliphatic carbocycles. The molecule has 0 atom stereocenters. The minimum absolute atomic E-state index is 0.00400.